The van der Waals surface area contributed by atoms with Gasteiger partial charge in [0, 0.05) is 5.02 Å². The Bertz CT molecular complexity index is 701. The molecule has 4 N–H and O–H groups in total. The van der Waals surface area contributed by atoms with Crippen LogP contribution in [-0.2, 0) is 5.41 Å². The highest BCUT2D eigenvalue weighted by Crippen LogP contribution is 2.24. The van der Waals surface area contributed by atoms with Crippen molar-refractivity contribution in [1.29, 1.82) is 0 Å². The Labute approximate surface area is 129 Å². The fraction of sp³-hybridized carbons (Fsp3) is 0.250. The predicted molar refractivity (Wildman–Crippen MR) is 86.9 cm³/mol. The molecule has 0 saturated carbocycles. The first-order chi connectivity index (χ1) is 9.79. The van der Waals surface area contributed by atoms with E-state index in [-0.39, 0.29) is 11.4 Å². The van der Waals surface area contributed by atoms with Crippen molar-refractivity contribution in [3.05, 3.63) is 46.1 Å². The van der Waals surface area contributed by atoms with Gasteiger partial charge in [-0.2, -0.15) is 4.98 Å². The van der Waals surface area contributed by atoms with Crippen LogP contribution in [0.4, 0.5) is 11.8 Å². The van der Waals surface area contributed by atoms with Crippen LogP contribution in [-0.4, -0.2) is 9.97 Å². The van der Waals surface area contributed by atoms with Gasteiger partial charge in [-0.05, 0) is 38.5 Å². The lowest BCUT2D eigenvalue weighted by Gasteiger charge is -2.18. The van der Waals surface area contributed by atoms with Gasteiger partial charge in [-0.25, -0.2) is 4.98 Å². The second-order valence-corrected chi connectivity index (χ2v) is 5.75. The van der Waals surface area contributed by atoms with Gasteiger partial charge in [0.1, 0.15) is 5.82 Å². The lowest BCUT2D eigenvalue weighted by atomic mass is 9.85. The molecule has 2 aromatic rings. The lowest BCUT2D eigenvalue weighted by molar-refractivity contribution is 0.698. The molecule has 1 aromatic carbocycles. The topological polar surface area (TPSA) is 77.8 Å². The van der Waals surface area contributed by atoms with Crippen molar-refractivity contribution in [3.8, 4) is 11.8 Å². The number of halogens is 1. The van der Waals surface area contributed by atoms with E-state index in [2.05, 4.69) is 21.8 Å². The summed E-state index contributed by atoms with van der Waals surface area (Å²) in [6, 6.07) is 7.64. The highest BCUT2D eigenvalue weighted by atomic mass is 35.5. The SMILES string of the molecule is Cc1nc(N)nc(N)c1C#CC(C)(C)c1ccc(Cl)cc1. The number of aryl methyl sites for hydroxylation is 1. The Balaban J connectivity index is 2.40. The Morgan fingerprint density at radius 3 is 2.29 bits per heavy atom. The Kier molecular flexibility index (Phi) is 4.06. The van der Waals surface area contributed by atoms with Crippen molar-refractivity contribution in [2.45, 2.75) is 26.2 Å². The van der Waals surface area contributed by atoms with Crippen LogP contribution in [0.5, 0.6) is 0 Å². The molecule has 0 aliphatic carbocycles. The maximum Gasteiger partial charge on any atom is 0.222 e. The van der Waals surface area contributed by atoms with Gasteiger partial charge in [0.2, 0.25) is 5.95 Å². The first-order valence-electron chi connectivity index (χ1n) is 6.48. The normalized spacial score (nSPS) is 10.9. The second-order valence-electron chi connectivity index (χ2n) is 5.31. The van der Waals surface area contributed by atoms with Crippen LogP contribution in [0.2, 0.25) is 5.02 Å². The number of hydrogen-bond acceptors (Lipinski definition) is 4. The third-order valence-corrected chi connectivity index (χ3v) is 3.45. The molecule has 2 rings (SSSR count). The van der Waals surface area contributed by atoms with Gasteiger partial charge >= 0.3 is 0 Å². The molecule has 0 spiro atoms. The van der Waals surface area contributed by atoms with E-state index in [0.29, 0.717) is 22.1 Å². The summed E-state index contributed by atoms with van der Waals surface area (Å²) < 4.78 is 0. The molecule has 0 fully saturated rings. The lowest BCUT2D eigenvalue weighted by Crippen LogP contribution is -2.14. The summed E-state index contributed by atoms with van der Waals surface area (Å²) in [6.45, 7) is 5.88. The van der Waals surface area contributed by atoms with E-state index in [4.69, 9.17) is 23.1 Å². The minimum Gasteiger partial charge on any atom is -0.382 e. The van der Waals surface area contributed by atoms with Crippen molar-refractivity contribution in [2.75, 3.05) is 11.5 Å². The van der Waals surface area contributed by atoms with Gasteiger partial charge in [0.05, 0.1) is 16.7 Å². The summed E-state index contributed by atoms with van der Waals surface area (Å²) in [4.78, 5) is 8.03. The number of nitrogens with zero attached hydrogens (tertiary/aromatic N) is 2. The standard InChI is InChI=1S/C16H17ClN4/c1-10-13(14(18)21-15(19)20-10)8-9-16(2,3)11-4-6-12(17)7-5-11/h4-7H,1-3H3,(H4,18,19,20,21). The average molecular weight is 301 g/mol. The highest BCUT2D eigenvalue weighted by molar-refractivity contribution is 6.30. The van der Waals surface area contributed by atoms with Crippen LogP contribution in [0.3, 0.4) is 0 Å². The number of nitrogen functional groups attached to an aromatic ring is 2. The summed E-state index contributed by atoms with van der Waals surface area (Å²) in [5, 5.41) is 0.703. The molecule has 21 heavy (non-hydrogen) atoms. The zero-order valence-corrected chi connectivity index (χ0v) is 13.0. The average Bonchev–Trinajstić information content (AvgIpc) is 2.37. The molecule has 0 amide bonds. The van der Waals surface area contributed by atoms with Crippen molar-refractivity contribution in [1.82, 2.24) is 9.97 Å². The Hall–Kier alpha value is -2.25. The van der Waals surface area contributed by atoms with E-state index < -0.39 is 0 Å². The fourth-order valence-electron chi connectivity index (χ4n) is 1.93. The second kappa shape index (κ2) is 5.63. The minimum absolute atomic E-state index is 0.160. The monoisotopic (exact) mass is 300 g/mol. The van der Waals surface area contributed by atoms with Gasteiger partial charge in [-0.3, -0.25) is 0 Å². The maximum absolute atomic E-state index is 5.91. The number of rotatable bonds is 1. The molecule has 0 saturated heterocycles. The van der Waals surface area contributed by atoms with Gasteiger partial charge in [-0.1, -0.05) is 35.6 Å². The molecule has 4 nitrogen and oxygen atoms in total. The molecular formula is C16H17ClN4. The van der Waals surface area contributed by atoms with Gasteiger partial charge in [0.25, 0.3) is 0 Å². The van der Waals surface area contributed by atoms with E-state index in [0.717, 1.165) is 5.56 Å². The molecule has 1 aromatic heterocycles. The molecule has 1 heterocycles. The molecule has 0 aliphatic rings. The molecule has 0 aliphatic heterocycles. The highest BCUT2D eigenvalue weighted by Gasteiger charge is 2.17. The van der Waals surface area contributed by atoms with Crippen LogP contribution in [0.25, 0.3) is 0 Å². The first-order valence-corrected chi connectivity index (χ1v) is 6.86. The summed E-state index contributed by atoms with van der Waals surface area (Å²) in [7, 11) is 0. The summed E-state index contributed by atoms with van der Waals surface area (Å²) in [5.74, 6) is 6.76. The quantitative estimate of drug-likeness (QED) is 0.794. The summed E-state index contributed by atoms with van der Waals surface area (Å²) in [5.41, 5.74) is 13.4. The molecule has 0 radical (unpaired) electrons. The van der Waals surface area contributed by atoms with E-state index in [1.54, 1.807) is 0 Å². The Morgan fingerprint density at radius 2 is 1.71 bits per heavy atom. The van der Waals surface area contributed by atoms with Crippen molar-refractivity contribution < 1.29 is 0 Å². The smallest absolute Gasteiger partial charge is 0.222 e. The van der Waals surface area contributed by atoms with Crippen LogP contribution in [0, 0.1) is 18.8 Å². The number of benzene rings is 1. The van der Waals surface area contributed by atoms with Gasteiger partial charge in [0.15, 0.2) is 0 Å². The van der Waals surface area contributed by atoms with Crippen LogP contribution < -0.4 is 11.5 Å². The first kappa shape index (κ1) is 15.1. The third-order valence-electron chi connectivity index (χ3n) is 3.20. The summed E-state index contributed by atoms with van der Waals surface area (Å²) >= 11 is 5.91. The number of nitrogens with two attached hydrogens (primary N) is 2. The molecule has 0 unspecified atom stereocenters. The van der Waals surface area contributed by atoms with E-state index in [1.807, 2.05) is 45.0 Å². The summed E-state index contributed by atoms with van der Waals surface area (Å²) in [6.07, 6.45) is 0. The molecule has 0 bridgehead atoms. The van der Waals surface area contributed by atoms with Crippen molar-refractivity contribution in [3.63, 3.8) is 0 Å². The van der Waals surface area contributed by atoms with Gasteiger partial charge in [-0.15, -0.1) is 0 Å². The van der Waals surface area contributed by atoms with Crippen LogP contribution in [0.1, 0.15) is 30.7 Å². The van der Waals surface area contributed by atoms with Crippen molar-refractivity contribution >= 4 is 23.4 Å². The number of hydrogen-bond donors (Lipinski definition) is 2. The van der Waals surface area contributed by atoms with Crippen LogP contribution in [0.15, 0.2) is 24.3 Å². The van der Waals surface area contributed by atoms with Crippen molar-refractivity contribution in [2.24, 2.45) is 0 Å². The number of aromatic nitrogens is 2. The van der Waals surface area contributed by atoms with E-state index in [1.165, 1.54) is 0 Å². The molecule has 108 valence electrons. The molecular weight excluding hydrogens is 284 g/mol. The maximum atomic E-state index is 5.91. The fourth-order valence-corrected chi connectivity index (χ4v) is 2.06. The van der Waals surface area contributed by atoms with E-state index in [9.17, 15) is 0 Å². The molecule has 0 atom stereocenters. The largest absolute Gasteiger partial charge is 0.382 e. The minimum atomic E-state index is -0.342. The zero-order valence-electron chi connectivity index (χ0n) is 12.2. The van der Waals surface area contributed by atoms with Crippen LogP contribution >= 0.6 is 11.6 Å². The zero-order chi connectivity index (χ0) is 15.6. The van der Waals surface area contributed by atoms with Gasteiger partial charge < -0.3 is 11.5 Å². The third kappa shape index (κ3) is 3.45. The molecule has 5 heteroatoms. The Morgan fingerprint density at radius 1 is 1.10 bits per heavy atom. The predicted octanol–water partition coefficient (Wildman–Crippen LogP) is 2.93. The van der Waals surface area contributed by atoms with E-state index >= 15 is 0 Å². The number of anilines is 2.